The zero-order valence-corrected chi connectivity index (χ0v) is 6.56. The summed E-state index contributed by atoms with van der Waals surface area (Å²) in [5, 5.41) is 0. The van der Waals surface area contributed by atoms with E-state index in [9.17, 15) is 0 Å². The smallest absolute Gasteiger partial charge is 0.0247 e. The Morgan fingerprint density at radius 1 is 1.18 bits per heavy atom. The van der Waals surface area contributed by atoms with Crippen molar-refractivity contribution in [1.29, 1.82) is 0 Å². The maximum atomic E-state index is 3.77. The monoisotopic (exact) mass is 150 g/mol. The molecule has 11 heavy (non-hydrogen) atoms. The fourth-order valence-electron chi connectivity index (χ4n) is 1.51. The molecule has 0 nitrogen and oxygen atoms in total. The molecule has 0 radical (unpaired) electrons. The highest BCUT2D eigenvalue weighted by molar-refractivity contribution is 5.35. The van der Waals surface area contributed by atoms with Gasteiger partial charge in [-0.25, -0.2) is 0 Å². The van der Waals surface area contributed by atoms with Crippen LogP contribution in [0, 0.1) is 5.92 Å². The van der Waals surface area contributed by atoms with Crippen LogP contribution in [0.15, 0.2) is 36.5 Å². The summed E-state index contributed by atoms with van der Waals surface area (Å²) in [4.78, 5) is 0. The lowest BCUT2D eigenvalue weighted by atomic mass is 10.1. The van der Waals surface area contributed by atoms with Crippen LogP contribution >= 0.6 is 0 Å². The van der Waals surface area contributed by atoms with Crippen molar-refractivity contribution in [1.82, 2.24) is 0 Å². The van der Waals surface area contributed by atoms with Crippen LogP contribution in [0.3, 0.4) is 0 Å². The fraction of sp³-hybridized carbons (Fsp3) is 0.455. The van der Waals surface area contributed by atoms with Gasteiger partial charge in [-0.2, -0.15) is 0 Å². The molecule has 1 aliphatic carbocycles. The van der Waals surface area contributed by atoms with Crippen LogP contribution in [-0.2, 0) is 0 Å². The average Bonchev–Trinajstić information content (AvgIpc) is 2.30. The Morgan fingerprint density at radius 2 is 1.55 bits per heavy atom. The first-order valence-corrected chi connectivity index (χ1v) is 3.74. The fourth-order valence-corrected chi connectivity index (χ4v) is 1.51. The quantitative estimate of drug-likeness (QED) is 0.562. The van der Waals surface area contributed by atoms with Crippen molar-refractivity contribution in [2.75, 3.05) is 0 Å². The van der Waals surface area contributed by atoms with Crippen molar-refractivity contribution in [3.8, 4) is 0 Å². The van der Waals surface area contributed by atoms with E-state index in [1.54, 1.807) is 0 Å². The van der Waals surface area contributed by atoms with E-state index in [1.807, 2.05) is 12.2 Å². The largest absolute Gasteiger partial charge is 0.0988 e. The van der Waals surface area contributed by atoms with Crippen molar-refractivity contribution >= 4 is 0 Å². The van der Waals surface area contributed by atoms with Gasteiger partial charge in [0, 0.05) is 0 Å². The Kier molecular flexibility index (Phi) is 3.88. The van der Waals surface area contributed by atoms with Crippen molar-refractivity contribution in [2.24, 2.45) is 5.92 Å². The highest BCUT2D eigenvalue weighted by Crippen LogP contribution is 2.31. The minimum Gasteiger partial charge on any atom is -0.0988 e. The molecule has 0 saturated heterocycles. The van der Waals surface area contributed by atoms with Gasteiger partial charge in [0.25, 0.3) is 0 Å². The molecule has 0 spiro atoms. The lowest BCUT2D eigenvalue weighted by Crippen LogP contribution is -1.83. The second kappa shape index (κ2) is 4.17. The summed E-state index contributed by atoms with van der Waals surface area (Å²) in [6.07, 6.45) is 6.29. The van der Waals surface area contributed by atoms with Gasteiger partial charge in [-0.3, -0.25) is 0 Å². The number of allylic oxidation sites excluding steroid dienone is 4. The van der Waals surface area contributed by atoms with Gasteiger partial charge in [0.1, 0.15) is 0 Å². The van der Waals surface area contributed by atoms with E-state index >= 15 is 0 Å². The molecule has 0 heterocycles. The number of rotatable bonds is 2. The minimum absolute atomic E-state index is 0. The normalized spacial score (nSPS) is 17.9. The second-order valence-electron chi connectivity index (χ2n) is 2.97. The summed E-state index contributed by atoms with van der Waals surface area (Å²) >= 11 is 0. The van der Waals surface area contributed by atoms with Crippen LogP contribution < -0.4 is 0 Å². The zero-order chi connectivity index (χ0) is 7.56. The van der Waals surface area contributed by atoms with E-state index in [2.05, 4.69) is 20.1 Å². The molecule has 0 fully saturated rings. The van der Waals surface area contributed by atoms with Crippen LogP contribution in [0.1, 0.15) is 27.2 Å². The second-order valence-corrected chi connectivity index (χ2v) is 2.97. The topological polar surface area (TPSA) is 0 Å². The van der Waals surface area contributed by atoms with E-state index in [0.717, 1.165) is 5.92 Å². The first-order chi connectivity index (χ1) is 4.77. The Bertz CT molecular complexity index is 164. The first kappa shape index (κ1) is 10.2. The van der Waals surface area contributed by atoms with E-state index in [-0.39, 0.29) is 7.43 Å². The molecule has 0 unspecified atom stereocenters. The van der Waals surface area contributed by atoms with Crippen molar-refractivity contribution in [2.45, 2.75) is 27.2 Å². The Morgan fingerprint density at radius 3 is 1.82 bits per heavy atom. The van der Waals surface area contributed by atoms with Gasteiger partial charge in [-0.05, 0) is 29.9 Å². The first-order valence-electron chi connectivity index (χ1n) is 3.74. The molecule has 0 heteroatoms. The summed E-state index contributed by atoms with van der Waals surface area (Å²) in [6.45, 7) is 9.80. The number of hydrogen-bond acceptors (Lipinski definition) is 0. The van der Waals surface area contributed by atoms with E-state index in [1.165, 1.54) is 24.0 Å². The zero-order valence-electron chi connectivity index (χ0n) is 6.56. The van der Waals surface area contributed by atoms with Gasteiger partial charge in [0.15, 0.2) is 0 Å². The van der Waals surface area contributed by atoms with Gasteiger partial charge in [-0.1, -0.05) is 39.7 Å². The standard InChI is InChI=1S/C10H14.CH4/c1-4-9-6-8(3)7-10(9)5-2;/h4-5,8H,1-2,6-7H2,3H3;1H4. The molecule has 0 amide bonds. The lowest BCUT2D eigenvalue weighted by Gasteiger charge is -1.96. The summed E-state index contributed by atoms with van der Waals surface area (Å²) in [5.41, 5.74) is 2.78. The number of hydrogen-bond donors (Lipinski definition) is 0. The highest BCUT2D eigenvalue weighted by atomic mass is 14.2. The van der Waals surface area contributed by atoms with Crippen LogP contribution in [-0.4, -0.2) is 0 Å². The molecule has 1 aliphatic rings. The van der Waals surface area contributed by atoms with Gasteiger partial charge < -0.3 is 0 Å². The third-order valence-corrected chi connectivity index (χ3v) is 2.04. The Balaban J connectivity index is 0.000001000. The predicted octanol–water partition coefficient (Wildman–Crippen LogP) is 3.72. The van der Waals surface area contributed by atoms with Crippen LogP contribution in [0.4, 0.5) is 0 Å². The predicted molar refractivity (Wildman–Crippen MR) is 52.5 cm³/mol. The van der Waals surface area contributed by atoms with Gasteiger partial charge in [0.2, 0.25) is 0 Å². The SMILES string of the molecule is C.C=CC1=C(C=C)CC(C)C1. The van der Waals surface area contributed by atoms with E-state index < -0.39 is 0 Å². The molecule has 0 aromatic heterocycles. The van der Waals surface area contributed by atoms with Crippen LogP contribution in [0.25, 0.3) is 0 Å². The molecule has 0 bridgehead atoms. The van der Waals surface area contributed by atoms with E-state index in [4.69, 9.17) is 0 Å². The molecule has 0 saturated carbocycles. The summed E-state index contributed by atoms with van der Waals surface area (Å²) in [6, 6.07) is 0. The molecule has 0 aromatic carbocycles. The molecular weight excluding hydrogens is 132 g/mol. The van der Waals surface area contributed by atoms with Gasteiger partial charge >= 0.3 is 0 Å². The Hall–Kier alpha value is -0.780. The summed E-state index contributed by atoms with van der Waals surface area (Å²) in [5.74, 6) is 0.793. The lowest BCUT2D eigenvalue weighted by molar-refractivity contribution is 0.626. The van der Waals surface area contributed by atoms with E-state index in [0.29, 0.717) is 0 Å². The van der Waals surface area contributed by atoms with Crippen molar-refractivity contribution < 1.29 is 0 Å². The summed E-state index contributed by atoms with van der Waals surface area (Å²) in [7, 11) is 0. The molecule has 0 aliphatic heterocycles. The van der Waals surface area contributed by atoms with Crippen LogP contribution in [0.2, 0.25) is 0 Å². The third-order valence-electron chi connectivity index (χ3n) is 2.04. The molecule has 0 atom stereocenters. The molecule has 0 aromatic rings. The van der Waals surface area contributed by atoms with Crippen molar-refractivity contribution in [3.05, 3.63) is 36.5 Å². The molecular formula is C11H18. The van der Waals surface area contributed by atoms with Crippen molar-refractivity contribution in [3.63, 3.8) is 0 Å². The molecule has 62 valence electrons. The highest BCUT2D eigenvalue weighted by Gasteiger charge is 2.15. The summed E-state index contributed by atoms with van der Waals surface area (Å²) < 4.78 is 0. The van der Waals surface area contributed by atoms with Gasteiger partial charge in [-0.15, -0.1) is 0 Å². The average molecular weight is 150 g/mol. The van der Waals surface area contributed by atoms with Gasteiger partial charge in [0.05, 0.1) is 0 Å². The maximum absolute atomic E-state index is 3.77. The Labute approximate surface area is 70.3 Å². The molecule has 0 N–H and O–H groups in total. The van der Waals surface area contributed by atoms with Crippen LogP contribution in [0.5, 0.6) is 0 Å². The minimum atomic E-state index is 0. The maximum Gasteiger partial charge on any atom is -0.0247 e. The molecule has 1 rings (SSSR count). The third kappa shape index (κ3) is 2.07.